The van der Waals surface area contributed by atoms with Crippen molar-refractivity contribution in [2.75, 3.05) is 6.54 Å². The van der Waals surface area contributed by atoms with E-state index in [1.807, 2.05) is 28.7 Å². The van der Waals surface area contributed by atoms with E-state index in [2.05, 4.69) is 36.3 Å². The Kier molecular flexibility index (Phi) is 4.77. The molecule has 1 unspecified atom stereocenters. The van der Waals surface area contributed by atoms with Crippen molar-refractivity contribution >= 4 is 32.1 Å². The predicted molar refractivity (Wildman–Crippen MR) is 80.2 cm³/mol. The van der Waals surface area contributed by atoms with Crippen LogP contribution >= 0.6 is 22.7 Å². The quantitative estimate of drug-likeness (QED) is 0.697. The summed E-state index contributed by atoms with van der Waals surface area (Å²) < 4.78 is 2.85. The van der Waals surface area contributed by atoms with Crippen molar-refractivity contribution in [3.8, 4) is 0 Å². The standard InChI is InChI=1S/C14H19NS2/c1-3-5-6-11(15-8-4-2)13-10-14-12(17-13)7-9-16-14/h3,7,9-11,15H,1,4-6,8H2,2H3. The van der Waals surface area contributed by atoms with Gasteiger partial charge in [0.25, 0.3) is 0 Å². The summed E-state index contributed by atoms with van der Waals surface area (Å²) in [6.45, 7) is 7.12. The topological polar surface area (TPSA) is 12.0 Å². The van der Waals surface area contributed by atoms with Crippen LogP contribution in [0.3, 0.4) is 0 Å². The molecule has 0 aliphatic carbocycles. The third kappa shape index (κ3) is 3.18. The lowest BCUT2D eigenvalue weighted by atomic mass is 10.1. The van der Waals surface area contributed by atoms with Crippen LogP contribution in [-0.4, -0.2) is 6.54 Å². The zero-order valence-electron chi connectivity index (χ0n) is 10.2. The Morgan fingerprint density at radius 2 is 2.35 bits per heavy atom. The van der Waals surface area contributed by atoms with Crippen LogP contribution in [0.15, 0.2) is 30.2 Å². The van der Waals surface area contributed by atoms with E-state index in [1.165, 1.54) is 20.7 Å². The molecule has 0 fully saturated rings. The van der Waals surface area contributed by atoms with Gasteiger partial charge in [0, 0.05) is 20.3 Å². The molecule has 0 saturated carbocycles. The van der Waals surface area contributed by atoms with Gasteiger partial charge in [-0.15, -0.1) is 29.3 Å². The minimum absolute atomic E-state index is 0.498. The van der Waals surface area contributed by atoms with Crippen LogP contribution in [0, 0.1) is 0 Å². The number of allylic oxidation sites excluding steroid dienone is 1. The van der Waals surface area contributed by atoms with Gasteiger partial charge >= 0.3 is 0 Å². The maximum Gasteiger partial charge on any atom is 0.0454 e. The van der Waals surface area contributed by atoms with Gasteiger partial charge in [-0.2, -0.15) is 0 Å². The molecule has 0 aliphatic rings. The molecule has 0 amide bonds. The zero-order chi connectivity index (χ0) is 12.1. The summed E-state index contributed by atoms with van der Waals surface area (Å²) in [5.74, 6) is 0. The lowest BCUT2D eigenvalue weighted by molar-refractivity contribution is 0.510. The lowest BCUT2D eigenvalue weighted by Gasteiger charge is -2.16. The first-order valence-electron chi connectivity index (χ1n) is 6.16. The number of hydrogen-bond acceptors (Lipinski definition) is 3. The van der Waals surface area contributed by atoms with Crippen LogP contribution < -0.4 is 5.32 Å². The molecule has 2 heterocycles. The van der Waals surface area contributed by atoms with E-state index in [-0.39, 0.29) is 0 Å². The van der Waals surface area contributed by atoms with Crippen molar-refractivity contribution in [3.05, 3.63) is 35.0 Å². The third-order valence-corrected chi connectivity index (χ3v) is 5.01. The van der Waals surface area contributed by atoms with Gasteiger partial charge in [0.15, 0.2) is 0 Å². The Morgan fingerprint density at radius 3 is 3.06 bits per heavy atom. The van der Waals surface area contributed by atoms with Crippen molar-refractivity contribution < 1.29 is 0 Å². The van der Waals surface area contributed by atoms with Crippen LogP contribution in [0.2, 0.25) is 0 Å². The maximum absolute atomic E-state index is 3.82. The fourth-order valence-electron chi connectivity index (χ4n) is 1.90. The van der Waals surface area contributed by atoms with E-state index < -0.39 is 0 Å². The minimum atomic E-state index is 0.498. The van der Waals surface area contributed by atoms with E-state index in [1.54, 1.807) is 0 Å². The van der Waals surface area contributed by atoms with Gasteiger partial charge in [-0.3, -0.25) is 0 Å². The van der Waals surface area contributed by atoms with E-state index in [0.717, 1.165) is 19.4 Å². The Hall–Kier alpha value is -0.640. The van der Waals surface area contributed by atoms with Crippen LogP contribution in [0.1, 0.15) is 37.1 Å². The van der Waals surface area contributed by atoms with E-state index in [0.29, 0.717) is 6.04 Å². The summed E-state index contributed by atoms with van der Waals surface area (Å²) in [6.07, 6.45) is 5.42. The van der Waals surface area contributed by atoms with Gasteiger partial charge in [-0.25, -0.2) is 0 Å². The second-order valence-corrected chi connectivity index (χ2v) is 6.23. The molecule has 1 atom stereocenters. The molecule has 0 bridgehead atoms. The molecule has 0 aromatic carbocycles. The Balaban J connectivity index is 2.12. The molecule has 0 aliphatic heterocycles. The second-order valence-electron chi connectivity index (χ2n) is 4.17. The highest BCUT2D eigenvalue weighted by Gasteiger charge is 2.13. The molecular weight excluding hydrogens is 246 g/mol. The number of fused-ring (bicyclic) bond motifs is 1. The highest BCUT2D eigenvalue weighted by Crippen LogP contribution is 2.34. The van der Waals surface area contributed by atoms with Gasteiger partial charge in [-0.05, 0) is 43.3 Å². The fraction of sp³-hybridized carbons (Fsp3) is 0.429. The summed E-state index contributed by atoms with van der Waals surface area (Å²) in [7, 11) is 0. The first-order chi connectivity index (χ1) is 8.35. The Morgan fingerprint density at radius 1 is 1.47 bits per heavy atom. The molecule has 2 aromatic heterocycles. The van der Waals surface area contributed by atoms with E-state index >= 15 is 0 Å². The van der Waals surface area contributed by atoms with Crippen LogP contribution in [0.5, 0.6) is 0 Å². The highest BCUT2D eigenvalue weighted by molar-refractivity contribution is 7.26. The summed E-state index contributed by atoms with van der Waals surface area (Å²) in [4.78, 5) is 1.47. The lowest BCUT2D eigenvalue weighted by Crippen LogP contribution is -2.21. The van der Waals surface area contributed by atoms with Crippen molar-refractivity contribution in [3.63, 3.8) is 0 Å². The second kappa shape index (κ2) is 6.34. The average Bonchev–Trinajstić information content (AvgIpc) is 2.89. The Bertz CT molecular complexity index is 441. The smallest absolute Gasteiger partial charge is 0.0454 e. The third-order valence-electron chi connectivity index (χ3n) is 2.80. The molecular formula is C14H19NS2. The average molecular weight is 265 g/mol. The summed E-state index contributed by atoms with van der Waals surface area (Å²) in [6, 6.07) is 5.07. The molecule has 2 rings (SSSR count). The van der Waals surface area contributed by atoms with E-state index in [4.69, 9.17) is 0 Å². The SMILES string of the molecule is C=CCCC(NCCC)c1cc2sccc2s1. The number of rotatable bonds is 7. The van der Waals surface area contributed by atoms with Gasteiger partial charge in [0.1, 0.15) is 0 Å². The molecule has 1 N–H and O–H groups in total. The van der Waals surface area contributed by atoms with Crippen LogP contribution in [0.4, 0.5) is 0 Å². The molecule has 3 heteroatoms. The summed E-state index contributed by atoms with van der Waals surface area (Å²) >= 11 is 3.76. The minimum Gasteiger partial charge on any atom is -0.309 e. The van der Waals surface area contributed by atoms with Crippen molar-refractivity contribution in [2.24, 2.45) is 0 Å². The first kappa shape index (κ1) is 12.8. The van der Waals surface area contributed by atoms with Gasteiger partial charge < -0.3 is 5.32 Å². The fourth-order valence-corrected chi connectivity index (χ4v) is 4.13. The monoisotopic (exact) mass is 265 g/mol. The van der Waals surface area contributed by atoms with Crippen LogP contribution in [-0.2, 0) is 0 Å². The molecule has 0 saturated heterocycles. The number of hydrogen-bond donors (Lipinski definition) is 1. The van der Waals surface area contributed by atoms with Gasteiger partial charge in [0.2, 0.25) is 0 Å². The molecule has 1 nitrogen and oxygen atoms in total. The number of thiophene rings is 2. The van der Waals surface area contributed by atoms with Crippen molar-refractivity contribution in [2.45, 2.75) is 32.2 Å². The van der Waals surface area contributed by atoms with E-state index in [9.17, 15) is 0 Å². The predicted octanol–water partition coefficient (Wildman–Crippen LogP) is 4.97. The molecule has 0 radical (unpaired) electrons. The largest absolute Gasteiger partial charge is 0.309 e. The van der Waals surface area contributed by atoms with Crippen molar-refractivity contribution in [1.82, 2.24) is 5.32 Å². The molecule has 92 valence electrons. The Labute approximate surface area is 111 Å². The molecule has 0 spiro atoms. The molecule has 2 aromatic rings. The molecule has 17 heavy (non-hydrogen) atoms. The highest BCUT2D eigenvalue weighted by atomic mass is 32.1. The van der Waals surface area contributed by atoms with Gasteiger partial charge in [-0.1, -0.05) is 13.0 Å². The maximum atomic E-state index is 3.82. The summed E-state index contributed by atoms with van der Waals surface area (Å²) in [5.41, 5.74) is 0. The summed E-state index contributed by atoms with van der Waals surface area (Å²) in [5, 5.41) is 5.81. The van der Waals surface area contributed by atoms with Crippen molar-refractivity contribution in [1.29, 1.82) is 0 Å². The zero-order valence-corrected chi connectivity index (χ0v) is 11.9. The van der Waals surface area contributed by atoms with Gasteiger partial charge in [0.05, 0.1) is 0 Å². The number of nitrogens with one attached hydrogen (secondary N) is 1. The normalized spacial score (nSPS) is 13.0. The first-order valence-corrected chi connectivity index (χ1v) is 7.86. The van der Waals surface area contributed by atoms with Crippen LogP contribution in [0.25, 0.3) is 9.40 Å².